The molecule has 1 aromatic heterocycles. The molecule has 4 aromatic rings. The number of rotatable bonds is 15. The Morgan fingerprint density at radius 2 is 1.35 bits per heavy atom. The van der Waals surface area contributed by atoms with Gasteiger partial charge in [-0.05, 0) is 67.1 Å². The van der Waals surface area contributed by atoms with Crippen LogP contribution >= 0.6 is 11.3 Å². The molecular weight excluding hydrogens is 478 g/mol. The molecule has 0 saturated carbocycles. The Labute approximate surface area is 224 Å². The second-order valence-corrected chi connectivity index (χ2v) is 10.5. The summed E-state index contributed by atoms with van der Waals surface area (Å²) in [6, 6.07) is 22.8. The van der Waals surface area contributed by atoms with E-state index in [1.807, 2.05) is 54.6 Å². The molecule has 0 atom stereocenters. The number of nitrogens with zero attached hydrogens (tertiary/aromatic N) is 1. The van der Waals surface area contributed by atoms with Gasteiger partial charge in [-0.15, -0.1) is 11.3 Å². The van der Waals surface area contributed by atoms with Crippen LogP contribution in [0.5, 0.6) is 11.5 Å². The first-order valence-electron chi connectivity index (χ1n) is 13.6. The van der Waals surface area contributed by atoms with E-state index in [2.05, 4.69) is 18.0 Å². The lowest BCUT2D eigenvalue weighted by atomic mass is 10.1. The first-order valence-corrected chi connectivity index (χ1v) is 14.5. The number of fused-ring (bicyclic) bond motifs is 1. The minimum Gasteiger partial charge on any atom is -0.494 e. The summed E-state index contributed by atoms with van der Waals surface area (Å²) in [7, 11) is 0. The molecule has 4 rings (SSSR count). The number of aromatic nitrogens is 1. The zero-order chi connectivity index (χ0) is 25.7. The van der Waals surface area contributed by atoms with Crippen LogP contribution in [0.25, 0.3) is 20.8 Å². The normalized spacial score (nSPS) is 11.1. The van der Waals surface area contributed by atoms with Crippen molar-refractivity contribution in [2.24, 2.45) is 0 Å². The van der Waals surface area contributed by atoms with Crippen molar-refractivity contribution in [3.05, 3.63) is 78.4 Å². The Kier molecular flexibility index (Phi) is 10.6. The molecule has 194 valence electrons. The number of ether oxygens (including phenoxy) is 2. The van der Waals surface area contributed by atoms with Gasteiger partial charge in [-0.3, -0.25) is 0 Å². The number of carbonyl (C=O) groups excluding carboxylic acids is 1. The van der Waals surface area contributed by atoms with Crippen molar-refractivity contribution in [2.45, 2.75) is 71.1 Å². The van der Waals surface area contributed by atoms with Crippen molar-refractivity contribution >= 4 is 27.5 Å². The Balaban J connectivity index is 1.15. The number of unbranched alkanes of at least 4 members (excludes halogenated alkanes) is 9. The van der Waals surface area contributed by atoms with Gasteiger partial charge in [-0.1, -0.05) is 76.8 Å². The number of esters is 1. The van der Waals surface area contributed by atoms with Gasteiger partial charge in [0.05, 0.1) is 22.4 Å². The maximum absolute atomic E-state index is 12.6. The molecule has 0 aliphatic carbocycles. The molecule has 0 bridgehead atoms. The molecule has 0 N–H and O–H groups in total. The fraction of sp³-hybridized carbons (Fsp3) is 0.375. The monoisotopic (exact) mass is 515 g/mol. The summed E-state index contributed by atoms with van der Waals surface area (Å²) in [5.41, 5.74) is 2.50. The summed E-state index contributed by atoms with van der Waals surface area (Å²) in [4.78, 5) is 17.3. The van der Waals surface area contributed by atoms with Gasteiger partial charge < -0.3 is 9.47 Å². The van der Waals surface area contributed by atoms with Crippen molar-refractivity contribution in [2.75, 3.05) is 6.61 Å². The van der Waals surface area contributed by atoms with Crippen molar-refractivity contribution < 1.29 is 14.3 Å². The van der Waals surface area contributed by atoms with E-state index in [1.54, 1.807) is 23.5 Å². The lowest BCUT2D eigenvalue weighted by Gasteiger charge is -2.08. The van der Waals surface area contributed by atoms with E-state index in [9.17, 15) is 4.79 Å². The van der Waals surface area contributed by atoms with E-state index in [4.69, 9.17) is 9.47 Å². The van der Waals surface area contributed by atoms with Crippen LogP contribution in [0.15, 0.2) is 72.8 Å². The lowest BCUT2D eigenvalue weighted by Crippen LogP contribution is -2.08. The molecule has 0 unspecified atom stereocenters. The maximum Gasteiger partial charge on any atom is 0.343 e. The second-order valence-electron chi connectivity index (χ2n) is 9.46. The summed E-state index contributed by atoms with van der Waals surface area (Å²) < 4.78 is 12.6. The highest BCUT2D eigenvalue weighted by molar-refractivity contribution is 7.21. The molecule has 0 saturated heterocycles. The first-order chi connectivity index (χ1) is 18.2. The number of para-hydroxylation sites is 1. The predicted molar refractivity (Wildman–Crippen MR) is 154 cm³/mol. The van der Waals surface area contributed by atoms with Crippen molar-refractivity contribution in [3.8, 4) is 22.1 Å². The zero-order valence-electron chi connectivity index (χ0n) is 21.8. The van der Waals surface area contributed by atoms with Crippen LogP contribution < -0.4 is 9.47 Å². The highest BCUT2D eigenvalue weighted by Gasteiger charge is 2.10. The van der Waals surface area contributed by atoms with Crippen molar-refractivity contribution in [1.29, 1.82) is 0 Å². The minimum atomic E-state index is -0.381. The van der Waals surface area contributed by atoms with Gasteiger partial charge in [0.15, 0.2) is 0 Å². The third kappa shape index (κ3) is 8.43. The fourth-order valence-electron chi connectivity index (χ4n) is 4.29. The quantitative estimate of drug-likeness (QED) is 0.0898. The van der Waals surface area contributed by atoms with Crippen LogP contribution in [-0.4, -0.2) is 17.6 Å². The Bertz CT molecular complexity index is 1200. The van der Waals surface area contributed by atoms with Crippen LogP contribution in [-0.2, 0) is 0 Å². The molecule has 4 nitrogen and oxygen atoms in total. The number of thiazole rings is 1. The molecule has 0 radical (unpaired) electrons. The van der Waals surface area contributed by atoms with Gasteiger partial charge in [0.1, 0.15) is 16.5 Å². The van der Waals surface area contributed by atoms with Crippen LogP contribution in [0.4, 0.5) is 0 Å². The van der Waals surface area contributed by atoms with Crippen LogP contribution in [0, 0.1) is 0 Å². The third-order valence-corrected chi connectivity index (χ3v) is 7.55. The molecule has 5 heteroatoms. The van der Waals surface area contributed by atoms with E-state index < -0.39 is 0 Å². The van der Waals surface area contributed by atoms with Gasteiger partial charge in [0, 0.05) is 5.56 Å². The Morgan fingerprint density at radius 3 is 2.03 bits per heavy atom. The molecule has 0 aliphatic heterocycles. The summed E-state index contributed by atoms with van der Waals surface area (Å²) in [6.07, 6.45) is 13.1. The van der Waals surface area contributed by atoms with E-state index in [1.165, 1.54) is 57.8 Å². The summed E-state index contributed by atoms with van der Waals surface area (Å²) in [5.74, 6) is 0.915. The van der Waals surface area contributed by atoms with Gasteiger partial charge >= 0.3 is 5.97 Å². The zero-order valence-corrected chi connectivity index (χ0v) is 22.6. The van der Waals surface area contributed by atoms with E-state index >= 15 is 0 Å². The molecule has 0 amide bonds. The number of hydrogen-bond donors (Lipinski definition) is 0. The fourth-order valence-corrected chi connectivity index (χ4v) is 5.27. The highest BCUT2D eigenvalue weighted by Crippen LogP contribution is 2.31. The molecule has 0 spiro atoms. The second kappa shape index (κ2) is 14.5. The van der Waals surface area contributed by atoms with E-state index in [0.29, 0.717) is 17.9 Å². The van der Waals surface area contributed by atoms with E-state index in [0.717, 1.165) is 33.0 Å². The van der Waals surface area contributed by atoms with Crippen molar-refractivity contribution in [1.82, 2.24) is 4.98 Å². The summed E-state index contributed by atoms with van der Waals surface area (Å²) in [5, 5.41) is 0.951. The topological polar surface area (TPSA) is 48.4 Å². The number of hydrogen-bond acceptors (Lipinski definition) is 5. The average molecular weight is 516 g/mol. The van der Waals surface area contributed by atoms with Crippen LogP contribution in [0.1, 0.15) is 81.5 Å². The largest absolute Gasteiger partial charge is 0.494 e. The van der Waals surface area contributed by atoms with Gasteiger partial charge in [0.2, 0.25) is 0 Å². The summed E-state index contributed by atoms with van der Waals surface area (Å²) >= 11 is 1.65. The third-order valence-electron chi connectivity index (χ3n) is 6.46. The summed E-state index contributed by atoms with van der Waals surface area (Å²) in [6.45, 7) is 2.97. The predicted octanol–water partition coefficient (Wildman–Crippen LogP) is 9.48. The molecule has 0 aliphatic rings. The lowest BCUT2D eigenvalue weighted by molar-refractivity contribution is 0.0734. The van der Waals surface area contributed by atoms with Crippen LogP contribution in [0.2, 0.25) is 0 Å². The van der Waals surface area contributed by atoms with Gasteiger partial charge in [0.25, 0.3) is 0 Å². The van der Waals surface area contributed by atoms with Gasteiger partial charge in [-0.25, -0.2) is 9.78 Å². The van der Waals surface area contributed by atoms with Crippen LogP contribution in [0.3, 0.4) is 0 Å². The van der Waals surface area contributed by atoms with Crippen molar-refractivity contribution in [3.63, 3.8) is 0 Å². The molecular formula is C32H37NO3S. The Morgan fingerprint density at radius 1 is 0.730 bits per heavy atom. The number of benzene rings is 3. The van der Waals surface area contributed by atoms with Gasteiger partial charge in [-0.2, -0.15) is 0 Å². The molecule has 1 heterocycles. The standard InChI is InChI=1S/C32H37NO3S/c1-2-3-4-5-6-7-8-9-10-13-24-35-27-20-18-26(19-21-27)32(34)36-28-22-16-25(17-23-28)31-33-29-14-11-12-15-30(29)37-31/h11-12,14-23H,2-10,13,24H2,1H3. The molecule has 0 fully saturated rings. The molecule has 37 heavy (non-hydrogen) atoms. The smallest absolute Gasteiger partial charge is 0.343 e. The molecule has 3 aromatic carbocycles. The average Bonchev–Trinajstić information content (AvgIpc) is 3.37. The highest BCUT2D eigenvalue weighted by atomic mass is 32.1. The minimum absolute atomic E-state index is 0.381. The SMILES string of the molecule is CCCCCCCCCCCCOc1ccc(C(=O)Oc2ccc(-c3nc4ccccc4s3)cc2)cc1. The first kappa shape index (κ1) is 26.9. The maximum atomic E-state index is 12.6. The number of carbonyl (C=O) groups is 1. The van der Waals surface area contributed by atoms with E-state index in [-0.39, 0.29) is 5.97 Å². The Hall–Kier alpha value is -3.18.